The molecule has 6 heteroatoms. The summed E-state index contributed by atoms with van der Waals surface area (Å²) in [5, 5.41) is 13.5. The van der Waals surface area contributed by atoms with Gasteiger partial charge in [0.1, 0.15) is 0 Å². The Morgan fingerprint density at radius 2 is 2.10 bits per heavy atom. The number of hydrogen-bond acceptors (Lipinski definition) is 4. The molecule has 0 aliphatic carbocycles. The van der Waals surface area contributed by atoms with Crippen LogP contribution in [0, 0.1) is 0 Å². The van der Waals surface area contributed by atoms with E-state index < -0.39 is 17.4 Å². The zero-order valence-electron chi connectivity index (χ0n) is 11.2. The molecule has 2 N–H and O–H groups in total. The van der Waals surface area contributed by atoms with E-state index in [9.17, 15) is 14.7 Å². The van der Waals surface area contributed by atoms with E-state index in [2.05, 4.69) is 10.3 Å². The number of amides is 1. The van der Waals surface area contributed by atoms with Crippen LogP contribution in [0.4, 0.5) is 0 Å². The lowest BCUT2D eigenvalue weighted by Crippen LogP contribution is -2.55. The molecule has 1 amide bonds. The summed E-state index contributed by atoms with van der Waals surface area (Å²) in [5.74, 6) is -1.53. The number of benzene rings is 1. The molecule has 1 fully saturated rings. The van der Waals surface area contributed by atoms with Crippen molar-refractivity contribution in [3.05, 3.63) is 42.2 Å². The Balaban J connectivity index is 1.96. The molecule has 0 spiro atoms. The number of hydrogen-bond donors (Lipinski definition) is 2. The number of aliphatic carboxylic acids is 1. The fourth-order valence-electron chi connectivity index (χ4n) is 2.47. The minimum Gasteiger partial charge on any atom is -0.479 e. The molecule has 108 valence electrons. The third kappa shape index (κ3) is 2.34. The molecule has 6 nitrogen and oxygen atoms in total. The molecule has 1 saturated heterocycles. The Morgan fingerprint density at radius 1 is 1.29 bits per heavy atom. The number of nitrogens with zero attached hydrogens (tertiary/aromatic N) is 1. The van der Waals surface area contributed by atoms with Gasteiger partial charge in [-0.25, -0.2) is 4.79 Å². The topological polar surface area (TPSA) is 88.5 Å². The van der Waals surface area contributed by atoms with Crippen LogP contribution in [0.1, 0.15) is 16.8 Å². The fraction of sp³-hybridized carbons (Fsp3) is 0.267. The third-order valence-electron chi connectivity index (χ3n) is 3.70. The summed E-state index contributed by atoms with van der Waals surface area (Å²) >= 11 is 0. The van der Waals surface area contributed by atoms with E-state index in [-0.39, 0.29) is 13.0 Å². The van der Waals surface area contributed by atoms with Gasteiger partial charge in [-0.05, 0) is 5.39 Å². The first-order valence-corrected chi connectivity index (χ1v) is 6.59. The minimum absolute atomic E-state index is 0.0216. The van der Waals surface area contributed by atoms with Crippen molar-refractivity contribution in [2.24, 2.45) is 0 Å². The van der Waals surface area contributed by atoms with Crippen LogP contribution >= 0.6 is 0 Å². The Bertz CT molecular complexity index is 702. The van der Waals surface area contributed by atoms with Gasteiger partial charge < -0.3 is 15.2 Å². The van der Waals surface area contributed by atoms with Gasteiger partial charge in [-0.15, -0.1) is 0 Å². The highest BCUT2D eigenvalue weighted by Crippen LogP contribution is 2.22. The summed E-state index contributed by atoms with van der Waals surface area (Å²) in [6.45, 7) is 0.298. The number of carboxylic acid groups (broad SMARTS) is 1. The van der Waals surface area contributed by atoms with Crippen molar-refractivity contribution in [2.75, 3.05) is 13.2 Å². The Morgan fingerprint density at radius 3 is 2.81 bits per heavy atom. The zero-order valence-corrected chi connectivity index (χ0v) is 11.2. The quantitative estimate of drug-likeness (QED) is 0.885. The summed E-state index contributed by atoms with van der Waals surface area (Å²) in [6.07, 6.45) is 3.37. The normalized spacial score (nSPS) is 21.3. The number of rotatable bonds is 3. The number of pyridine rings is 1. The Hall–Kier alpha value is -2.47. The summed E-state index contributed by atoms with van der Waals surface area (Å²) < 4.78 is 5.13. The van der Waals surface area contributed by atoms with E-state index >= 15 is 0 Å². The van der Waals surface area contributed by atoms with Crippen molar-refractivity contribution in [1.82, 2.24) is 10.3 Å². The average Bonchev–Trinajstić information content (AvgIpc) is 2.96. The van der Waals surface area contributed by atoms with Crippen LogP contribution in [-0.4, -0.2) is 40.7 Å². The predicted molar refractivity (Wildman–Crippen MR) is 75.0 cm³/mol. The van der Waals surface area contributed by atoms with E-state index in [0.29, 0.717) is 12.2 Å². The SMILES string of the molecule is O=C(NC1(C(=O)O)CCOC1)c1cncc2ccccc12. The lowest BCUT2D eigenvalue weighted by atomic mass is 9.98. The highest BCUT2D eigenvalue weighted by atomic mass is 16.5. The molecule has 3 rings (SSSR count). The first kappa shape index (κ1) is 13.5. The molecule has 0 radical (unpaired) electrons. The molecule has 0 saturated carbocycles. The maximum Gasteiger partial charge on any atom is 0.331 e. The lowest BCUT2D eigenvalue weighted by Gasteiger charge is -2.23. The standard InChI is InChI=1S/C15H14N2O4/c18-13(17-15(14(19)20)5-6-21-9-15)12-8-16-7-10-3-1-2-4-11(10)12/h1-4,7-8H,5-6,9H2,(H,17,18)(H,19,20). The van der Waals surface area contributed by atoms with Crippen LogP contribution in [-0.2, 0) is 9.53 Å². The van der Waals surface area contributed by atoms with E-state index in [1.807, 2.05) is 24.3 Å². The zero-order chi connectivity index (χ0) is 14.9. The predicted octanol–water partition coefficient (Wildman–Crippen LogP) is 1.21. The van der Waals surface area contributed by atoms with Gasteiger partial charge in [0.25, 0.3) is 5.91 Å². The van der Waals surface area contributed by atoms with Gasteiger partial charge >= 0.3 is 5.97 Å². The molecule has 2 aromatic rings. The van der Waals surface area contributed by atoms with Crippen LogP contribution < -0.4 is 5.32 Å². The van der Waals surface area contributed by atoms with Crippen molar-refractivity contribution in [2.45, 2.75) is 12.0 Å². The van der Waals surface area contributed by atoms with Crippen molar-refractivity contribution >= 4 is 22.6 Å². The molecule has 1 unspecified atom stereocenters. The summed E-state index contributed by atoms with van der Waals surface area (Å²) in [4.78, 5) is 27.9. The maximum absolute atomic E-state index is 12.5. The van der Waals surface area contributed by atoms with Crippen molar-refractivity contribution < 1.29 is 19.4 Å². The second-order valence-corrected chi connectivity index (χ2v) is 5.05. The average molecular weight is 286 g/mol. The molecule has 2 heterocycles. The van der Waals surface area contributed by atoms with Gasteiger partial charge in [0, 0.05) is 30.8 Å². The lowest BCUT2D eigenvalue weighted by molar-refractivity contribution is -0.144. The number of carboxylic acids is 1. The van der Waals surface area contributed by atoms with Gasteiger partial charge in [-0.3, -0.25) is 9.78 Å². The third-order valence-corrected chi connectivity index (χ3v) is 3.70. The minimum atomic E-state index is -1.35. The number of nitrogens with one attached hydrogen (secondary N) is 1. The first-order valence-electron chi connectivity index (χ1n) is 6.59. The summed E-state index contributed by atoms with van der Waals surface area (Å²) in [6, 6.07) is 7.34. The van der Waals surface area contributed by atoms with Gasteiger partial charge in [-0.1, -0.05) is 24.3 Å². The van der Waals surface area contributed by atoms with Crippen molar-refractivity contribution in [3.8, 4) is 0 Å². The van der Waals surface area contributed by atoms with Gasteiger partial charge in [-0.2, -0.15) is 0 Å². The Kier molecular flexibility index (Phi) is 3.31. The molecular weight excluding hydrogens is 272 g/mol. The van der Waals surface area contributed by atoms with Crippen LogP contribution in [0.2, 0.25) is 0 Å². The fourth-order valence-corrected chi connectivity index (χ4v) is 2.47. The maximum atomic E-state index is 12.5. The molecule has 1 aromatic carbocycles. The molecule has 0 bridgehead atoms. The van der Waals surface area contributed by atoms with Gasteiger partial charge in [0.05, 0.1) is 12.2 Å². The second kappa shape index (κ2) is 5.14. The highest BCUT2D eigenvalue weighted by molar-refractivity contribution is 6.07. The number of carbonyl (C=O) groups excluding carboxylic acids is 1. The highest BCUT2D eigenvalue weighted by Gasteiger charge is 2.44. The molecule has 1 aliphatic rings. The number of carbonyl (C=O) groups is 2. The largest absolute Gasteiger partial charge is 0.479 e. The molecule has 1 aliphatic heterocycles. The Labute approximate surface area is 120 Å². The first-order chi connectivity index (χ1) is 10.1. The number of fused-ring (bicyclic) bond motifs is 1. The van der Waals surface area contributed by atoms with Crippen LogP contribution in [0.3, 0.4) is 0 Å². The molecule has 21 heavy (non-hydrogen) atoms. The molecule has 1 atom stereocenters. The van der Waals surface area contributed by atoms with E-state index in [1.165, 1.54) is 6.20 Å². The van der Waals surface area contributed by atoms with Crippen LogP contribution in [0.25, 0.3) is 10.8 Å². The number of aromatic nitrogens is 1. The van der Waals surface area contributed by atoms with Crippen molar-refractivity contribution in [1.29, 1.82) is 0 Å². The van der Waals surface area contributed by atoms with Crippen molar-refractivity contribution in [3.63, 3.8) is 0 Å². The summed E-state index contributed by atoms with van der Waals surface area (Å²) in [7, 11) is 0. The van der Waals surface area contributed by atoms with E-state index in [4.69, 9.17) is 4.74 Å². The van der Waals surface area contributed by atoms with E-state index in [1.54, 1.807) is 6.20 Å². The van der Waals surface area contributed by atoms with E-state index in [0.717, 1.165) is 10.8 Å². The van der Waals surface area contributed by atoms with Gasteiger partial charge in [0.2, 0.25) is 0 Å². The smallest absolute Gasteiger partial charge is 0.331 e. The second-order valence-electron chi connectivity index (χ2n) is 5.05. The van der Waals surface area contributed by atoms with Crippen LogP contribution in [0.15, 0.2) is 36.7 Å². The van der Waals surface area contributed by atoms with Crippen LogP contribution in [0.5, 0.6) is 0 Å². The monoisotopic (exact) mass is 286 g/mol. The van der Waals surface area contributed by atoms with Gasteiger partial charge in [0.15, 0.2) is 5.54 Å². The summed E-state index contributed by atoms with van der Waals surface area (Å²) in [5.41, 5.74) is -0.991. The number of ether oxygens (including phenoxy) is 1. The molecule has 1 aromatic heterocycles. The molecular formula is C15H14N2O4.